The van der Waals surface area contributed by atoms with Crippen molar-refractivity contribution in [1.82, 2.24) is 5.32 Å². The molecule has 1 saturated heterocycles. The molecule has 0 saturated carbocycles. The van der Waals surface area contributed by atoms with Crippen molar-refractivity contribution in [3.8, 4) is 5.75 Å². The topological polar surface area (TPSA) is 21.3 Å². The van der Waals surface area contributed by atoms with Crippen LogP contribution in [0.15, 0.2) is 54.6 Å². The highest BCUT2D eigenvalue weighted by molar-refractivity contribution is 5.33. The van der Waals surface area contributed by atoms with Crippen molar-refractivity contribution in [1.29, 1.82) is 0 Å². The van der Waals surface area contributed by atoms with Crippen molar-refractivity contribution in [3.63, 3.8) is 0 Å². The highest BCUT2D eigenvalue weighted by Crippen LogP contribution is 2.33. The van der Waals surface area contributed by atoms with Crippen molar-refractivity contribution >= 4 is 0 Å². The Morgan fingerprint density at radius 3 is 2.50 bits per heavy atom. The van der Waals surface area contributed by atoms with Crippen LogP contribution in [0, 0.1) is 12.8 Å². The number of hydrogen-bond donors (Lipinski definition) is 1. The van der Waals surface area contributed by atoms with Crippen LogP contribution in [0.1, 0.15) is 23.7 Å². The molecule has 2 aromatic carbocycles. The summed E-state index contributed by atoms with van der Waals surface area (Å²) in [7, 11) is 0. The molecule has 0 unspecified atom stereocenters. The van der Waals surface area contributed by atoms with Crippen LogP contribution >= 0.6 is 0 Å². The Morgan fingerprint density at radius 1 is 1.05 bits per heavy atom. The molecular weight excluding hydrogens is 246 g/mol. The predicted octanol–water partition coefficient (Wildman–Crippen LogP) is 3.72. The number of aryl methyl sites for hydroxylation is 1. The lowest BCUT2D eigenvalue weighted by Crippen LogP contribution is -2.21. The maximum absolute atomic E-state index is 6.38. The average Bonchev–Trinajstić information content (AvgIpc) is 3.01. The number of ether oxygens (including phenoxy) is 1. The van der Waals surface area contributed by atoms with E-state index in [9.17, 15) is 0 Å². The van der Waals surface area contributed by atoms with E-state index in [2.05, 4.69) is 60.8 Å². The molecule has 2 nitrogen and oxygen atoms in total. The fraction of sp³-hybridized carbons (Fsp3) is 0.333. The first-order valence-electron chi connectivity index (χ1n) is 7.32. The van der Waals surface area contributed by atoms with E-state index in [4.69, 9.17) is 4.74 Å². The zero-order valence-electron chi connectivity index (χ0n) is 11.9. The highest BCUT2D eigenvalue weighted by atomic mass is 16.5. The van der Waals surface area contributed by atoms with Crippen molar-refractivity contribution in [2.24, 2.45) is 5.92 Å². The van der Waals surface area contributed by atoms with Gasteiger partial charge in [-0.1, -0.05) is 48.5 Å². The summed E-state index contributed by atoms with van der Waals surface area (Å²) in [5.41, 5.74) is 2.46. The van der Waals surface area contributed by atoms with E-state index in [1.165, 1.54) is 17.5 Å². The molecule has 1 fully saturated rings. The Labute approximate surface area is 120 Å². The fourth-order valence-electron chi connectivity index (χ4n) is 2.84. The monoisotopic (exact) mass is 267 g/mol. The molecule has 1 N–H and O–H groups in total. The van der Waals surface area contributed by atoms with Gasteiger partial charge in [-0.05, 0) is 37.1 Å². The smallest absolute Gasteiger partial charge is 0.128 e. The lowest BCUT2D eigenvalue weighted by molar-refractivity contribution is 0.143. The van der Waals surface area contributed by atoms with Gasteiger partial charge in [0.05, 0.1) is 0 Å². The maximum atomic E-state index is 6.38. The van der Waals surface area contributed by atoms with E-state index in [0.29, 0.717) is 5.92 Å². The van der Waals surface area contributed by atoms with Gasteiger partial charge >= 0.3 is 0 Å². The number of para-hydroxylation sites is 1. The summed E-state index contributed by atoms with van der Waals surface area (Å²) in [5.74, 6) is 1.53. The van der Waals surface area contributed by atoms with Crippen LogP contribution in [0.25, 0.3) is 0 Å². The minimum absolute atomic E-state index is 0.132. The molecule has 2 aromatic rings. The second-order valence-electron chi connectivity index (χ2n) is 5.47. The van der Waals surface area contributed by atoms with Crippen molar-refractivity contribution in [2.75, 3.05) is 13.1 Å². The molecule has 20 heavy (non-hydrogen) atoms. The molecule has 0 amide bonds. The molecule has 1 heterocycles. The molecular formula is C18H21NO. The SMILES string of the molecule is Cc1ccccc1O[C@H](c1ccccc1)[C@@H]1CCNC1. The summed E-state index contributed by atoms with van der Waals surface area (Å²) in [4.78, 5) is 0. The van der Waals surface area contributed by atoms with E-state index >= 15 is 0 Å². The third-order valence-corrected chi connectivity index (χ3v) is 4.00. The molecule has 104 valence electrons. The fourth-order valence-corrected chi connectivity index (χ4v) is 2.84. The summed E-state index contributed by atoms with van der Waals surface area (Å²) in [6.45, 7) is 4.22. The van der Waals surface area contributed by atoms with E-state index in [-0.39, 0.29) is 6.10 Å². The summed E-state index contributed by atoms with van der Waals surface area (Å²) in [6, 6.07) is 18.8. The Balaban J connectivity index is 1.88. The minimum atomic E-state index is 0.132. The molecule has 3 rings (SSSR count). The molecule has 0 radical (unpaired) electrons. The molecule has 0 aromatic heterocycles. The van der Waals surface area contributed by atoms with Crippen molar-refractivity contribution in [3.05, 3.63) is 65.7 Å². The Bertz CT molecular complexity index is 546. The second-order valence-corrected chi connectivity index (χ2v) is 5.47. The Morgan fingerprint density at radius 2 is 1.80 bits per heavy atom. The molecule has 0 bridgehead atoms. The van der Waals surface area contributed by atoms with Gasteiger partial charge in [0.15, 0.2) is 0 Å². The quantitative estimate of drug-likeness (QED) is 0.911. The van der Waals surface area contributed by atoms with Gasteiger partial charge < -0.3 is 10.1 Å². The van der Waals surface area contributed by atoms with Crippen molar-refractivity contribution < 1.29 is 4.74 Å². The first kappa shape index (κ1) is 13.2. The second kappa shape index (κ2) is 6.10. The van der Waals surface area contributed by atoms with Crippen LogP contribution in [-0.2, 0) is 0 Å². The average molecular weight is 267 g/mol. The number of nitrogens with one attached hydrogen (secondary N) is 1. The normalized spacial score (nSPS) is 19.8. The van der Waals surface area contributed by atoms with Crippen LogP contribution in [0.5, 0.6) is 5.75 Å². The first-order valence-corrected chi connectivity index (χ1v) is 7.32. The molecule has 2 heteroatoms. The van der Waals surface area contributed by atoms with Gasteiger partial charge in [-0.3, -0.25) is 0 Å². The van der Waals surface area contributed by atoms with Crippen LogP contribution in [0.3, 0.4) is 0 Å². The number of hydrogen-bond acceptors (Lipinski definition) is 2. The summed E-state index contributed by atoms with van der Waals surface area (Å²) >= 11 is 0. The van der Waals surface area contributed by atoms with Gasteiger partial charge in [-0.15, -0.1) is 0 Å². The van der Waals surface area contributed by atoms with Gasteiger partial charge in [-0.25, -0.2) is 0 Å². The van der Waals surface area contributed by atoms with Crippen molar-refractivity contribution in [2.45, 2.75) is 19.4 Å². The first-order chi connectivity index (χ1) is 9.84. The lowest BCUT2D eigenvalue weighted by Gasteiger charge is -2.25. The van der Waals surface area contributed by atoms with Crippen LogP contribution in [0.2, 0.25) is 0 Å². The highest BCUT2D eigenvalue weighted by Gasteiger charge is 2.28. The number of rotatable bonds is 4. The van der Waals surface area contributed by atoms with Gasteiger partial charge in [0, 0.05) is 12.5 Å². The third kappa shape index (κ3) is 2.86. The standard InChI is InChI=1S/C18H21NO/c1-14-7-5-6-10-17(14)20-18(16-11-12-19-13-16)15-8-3-2-4-9-15/h2-10,16,18-19H,11-13H2,1H3/t16-,18-/m1/s1. The predicted molar refractivity (Wildman–Crippen MR) is 82.0 cm³/mol. The van der Waals surface area contributed by atoms with Gasteiger partial charge in [0.2, 0.25) is 0 Å². The van der Waals surface area contributed by atoms with Gasteiger partial charge in [0.1, 0.15) is 11.9 Å². The van der Waals surface area contributed by atoms with Crippen LogP contribution in [0.4, 0.5) is 0 Å². The third-order valence-electron chi connectivity index (χ3n) is 4.00. The molecule has 2 atom stereocenters. The Hall–Kier alpha value is -1.80. The van der Waals surface area contributed by atoms with Gasteiger partial charge in [0.25, 0.3) is 0 Å². The number of benzene rings is 2. The molecule has 0 spiro atoms. The Kier molecular flexibility index (Phi) is 4.03. The maximum Gasteiger partial charge on any atom is 0.128 e. The zero-order chi connectivity index (χ0) is 13.8. The lowest BCUT2D eigenvalue weighted by atomic mass is 9.94. The van der Waals surface area contributed by atoms with E-state index in [1.54, 1.807) is 0 Å². The van der Waals surface area contributed by atoms with Crippen LogP contribution in [-0.4, -0.2) is 13.1 Å². The van der Waals surface area contributed by atoms with E-state index in [0.717, 1.165) is 18.8 Å². The summed E-state index contributed by atoms with van der Waals surface area (Å²) < 4.78 is 6.38. The zero-order valence-corrected chi connectivity index (χ0v) is 11.9. The van der Waals surface area contributed by atoms with Gasteiger partial charge in [-0.2, -0.15) is 0 Å². The molecule has 1 aliphatic rings. The summed E-state index contributed by atoms with van der Waals surface area (Å²) in [5, 5.41) is 3.44. The molecule has 1 aliphatic heterocycles. The summed E-state index contributed by atoms with van der Waals surface area (Å²) in [6.07, 6.45) is 1.30. The van der Waals surface area contributed by atoms with E-state index < -0.39 is 0 Å². The molecule has 0 aliphatic carbocycles. The van der Waals surface area contributed by atoms with Crippen LogP contribution < -0.4 is 10.1 Å². The largest absolute Gasteiger partial charge is 0.485 e. The minimum Gasteiger partial charge on any atom is -0.485 e. The van der Waals surface area contributed by atoms with E-state index in [1.807, 2.05) is 6.07 Å².